The summed E-state index contributed by atoms with van der Waals surface area (Å²) in [5.74, 6) is 0.228. The minimum absolute atomic E-state index is 0.00861. The number of nitrogens with one attached hydrogen (secondary N) is 1. The normalized spacial score (nSPS) is 23.9. The molecule has 0 spiro atoms. The molecule has 0 aliphatic carbocycles. The monoisotopic (exact) mass is 279 g/mol. The maximum atomic E-state index is 13.5. The minimum Gasteiger partial charge on any atom is -0.373 e. The lowest BCUT2D eigenvalue weighted by molar-refractivity contribution is -0.0297. The molecule has 0 amide bonds. The van der Waals surface area contributed by atoms with Crippen LogP contribution >= 0.6 is 0 Å². The highest BCUT2D eigenvalue weighted by molar-refractivity contribution is 5.29. The van der Waals surface area contributed by atoms with Crippen LogP contribution in [0.1, 0.15) is 50.8 Å². The van der Waals surface area contributed by atoms with Crippen LogP contribution in [0.3, 0.4) is 0 Å². The van der Waals surface area contributed by atoms with E-state index < -0.39 is 0 Å². The largest absolute Gasteiger partial charge is 0.373 e. The van der Waals surface area contributed by atoms with Crippen LogP contribution in [0.5, 0.6) is 0 Å². The van der Waals surface area contributed by atoms with E-state index in [1.807, 2.05) is 13.0 Å². The zero-order valence-electron chi connectivity index (χ0n) is 13.0. The Bertz CT molecular complexity index is 453. The second kappa shape index (κ2) is 6.23. The van der Waals surface area contributed by atoms with Crippen molar-refractivity contribution in [3.05, 3.63) is 35.1 Å². The topological polar surface area (TPSA) is 21.3 Å². The summed E-state index contributed by atoms with van der Waals surface area (Å²) in [5, 5.41) is 3.55. The molecule has 1 aromatic rings. The molecule has 2 rings (SSSR count). The third kappa shape index (κ3) is 4.03. The van der Waals surface area contributed by atoms with Crippen molar-refractivity contribution < 1.29 is 9.13 Å². The molecule has 2 atom stereocenters. The summed E-state index contributed by atoms with van der Waals surface area (Å²) in [6.45, 7) is 10.2. The number of aryl methyl sites for hydroxylation is 1. The fourth-order valence-corrected chi connectivity index (χ4v) is 2.75. The van der Waals surface area contributed by atoms with Gasteiger partial charge in [-0.3, -0.25) is 0 Å². The van der Waals surface area contributed by atoms with Gasteiger partial charge in [0, 0.05) is 24.6 Å². The number of hydrogen-bond acceptors (Lipinski definition) is 2. The van der Waals surface area contributed by atoms with E-state index in [0.717, 1.165) is 37.1 Å². The Balaban J connectivity index is 2.16. The van der Waals surface area contributed by atoms with E-state index in [-0.39, 0.29) is 17.5 Å². The highest BCUT2D eigenvalue weighted by Gasteiger charge is 2.29. The molecule has 1 N–H and O–H groups in total. The van der Waals surface area contributed by atoms with Crippen molar-refractivity contribution in [2.24, 2.45) is 5.92 Å². The second-order valence-electron chi connectivity index (χ2n) is 6.83. The molecular formula is C17H26FNO. The van der Waals surface area contributed by atoms with Gasteiger partial charge in [-0.25, -0.2) is 4.39 Å². The van der Waals surface area contributed by atoms with Crippen molar-refractivity contribution in [2.45, 2.75) is 52.2 Å². The molecule has 3 heteroatoms. The fraction of sp³-hybridized carbons (Fsp3) is 0.647. The summed E-state index contributed by atoms with van der Waals surface area (Å²) >= 11 is 0. The lowest BCUT2D eigenvalue weighted by Crippen LogP contribution is -2.41. The molecule has 112 valence electrons. The van der Waals surface area contributed by atoms with E-state index in [9.17, 15) is 4.39 Å². The number of rotatable bonds is 3. The Hall–Kier alpha value is -0.930. The first-order valence-electron chi connectivity index (χ1n) is 7.49. The van der Waals surface area contributed by atoms with Crippen molar-refractivity contribution in [3.8, 4) is 0 Å². The smallest absolute Gasteiger partial charge is 0.123 e. The van der Waals surface area contributed by atoms with E-state index in [1.165, 1.54) is 6.07 Å². The van der Waals surface area contributed by atoms with E-state index in [2.05, 4.69) is 26.1 Å². The molecule has 0 bridgehead atoms. The molecule has 20 heavy (non-hydrogen) atoms. The van der Waals surface area contributed by atoms with Gasteiger partial charge in [0.1, 0.15) is 5.82 Å². The third-order valence-corrected chi connectivity index (χ3v) is 3.89. The zero-order valence-corrected chi connectivity index (χ0v) is 13.0. The van der Waals surface area contributed by atoms with Gasteiger partial charge in [0.15, 0.2) is 0 Å². The molecule has 2 unspecified atom stereocenters. The molecule has 0 saturated carbocycles. The average molecular weight is 279 g/mol. The summed E-state index contributed by atoms with van der Waals surface area (Å²) < 4.78 is 19.5. The van der Waals surface area contributed by atoms with Crippen LogP contribution in [0, 0.1) is 18.7 Å². The predicted octanol–water partition coefficient (Wildman–Crippen LogP) is 3.99. The molecule has 1 aliphatic rings. The first-order valence-corrected chi connectivity index (χ1v) is 7.49. The van der Waals surface area contributed by atoms with Gasteiger partial charge in [0.05, 0.1) is 6.10 Å². The van der Waals surface area contributed by atoms with Gasteiger partial charge in [-0.1, -0.05) is 6.07 Å². The van der Waals surface area contributed by atoms with Crippen LogP contribution in [0.4, 0.5) is 4.39 Å². The van der Waals surface area contributed by atoms with Gasteiger partial charge in [-0.05, 0) is 63.8 Å². The molecule has 0 radical (unpaired) electrons. The lowest BCUT2D eigenvalue weighted by atomic mass is 9.87. The molecule has 1 aromatic carbocycles. The van der Waals surface area contributed by atoms with Gasteiger partial charge in [-0.2, -0.15) is 0 Å². The number of halogens is 1. The lowest BCUT2D eigenvalue weighted by Gasteiger charge is -2.35. The summed E-state index contributed by atoms with van der Waals surface area (Å²) in [4.78, 5) is 0. The van der Waals surface area contributed by atoms with Gasteiger partial charge in [0.2, 0.25) is 0 Å². The summed E-state index contributed by atoms with van der Waals surface area (Å²) in [7, 11) is 0. The third-order valence-electron chi connectivity index (χ3n) is 3.89. The Morgan fingerprint density at radius 2 is 2.10 bits per heavy atom. The first kappa shape index (κ1) is 15.5. The number of ether oxygens (including phenoxy) is 1. The van der Waals surface area contributed by atoms with Crippen molar-refractivity contribution in [3.63, 3.8) is 0 Å². The number of hydrogen-bond donors (Lipinski definition) is 1. The SMILES string of the molecule is Cc1ccc(F)cc1C1OCCCC1CNC(C)(C)C. The maximum Gasteiger partial charge on any atom is 0.123 e. The van der Waals surface area contributed by atoms with Crippen molar-refractivity contribution in [2.75, 3.05) is 13.2 Å². The minimum atomic E-state index is -0.178. The summed E-state index contributed by atoms with van der Waals surface area (Å²) in [6.07, 6.45) is 2.22. The standard InChI is InChI=1S/C17H26FNO/c1-12-7-8-14(18)10-15(12)16-13(6-5-9-20-16)11-19-17(2,3)4/h7-8,10,13,16,19H,5-6,9,11H2,1-4H3. The molecule has 1 fully saturated rings. The molecule has 1 aliphatic heterocycles. The molecule has 0 aromatic heterocycles. The van der Waals surface area contributed by atoms with E-state index in [1.54, 1.807) is 6.07 Å². The van der Waals surface area contributed by atoms with Crippen LogP contribution < -0.4 is 5.32 Å². The van der Waals surface area contributed by atoms with Gasteiger partial charge < -0.3 is 10.1 Å². The van der Waals surface area contributed by atoms with Crippen molar-refractivity contribution in [1.82, 2.24) is 5.32 Å². The van der Waals surface area contributed by atoms with Gasteiger partial charge in [-0.15, -0.1) is 0 Å². The molecular weight excluding hydrogens is 253 g/mol. The van der Waals surface area contributed by atoms with Crippen LogP contribution in [-0.2, 0) is 4.74 Å². The van der Waals surface area contributed by atoms with E-state index in [4.69, 9.17) is 4.74 Å². The highest BCUT2D eigenvalue weighted by Crippen LogP contribution is 2.35. The van der Waals surface area contributed by atoms with Gasteiger partial charge >= 0.3 is 0 Å². The van der Waals surface area contributed by atoms with E-state index >= 15 is 0 Å². The maximum absolute atomic E-state index is 13.5. The van der Waals surface area contributed by atoms with Crippen LogP contribution in [0.15, 0.2) is 18.2 Å². The van der Waals surface area contributed by atoms with Gasteiger partial charge in [0.25, 0.3) is 0 Å². The Labute approximate surface area is 121 Å². The second-order valence-corrected chi connectivity index (χ2v) is 6.83. The Kier molecular flexibility index (Phi) is 4.82. The predicted molar refractivity (Wildman–Crippen MR) is 80.3 cm³/mol. The highest BCUT2D eigenvalue weighted by atomic mass is 19.1. The molecule has 2 nitrogen and oxygen atoms in total. The molecule has 1 heterocycles. The van der Waals surface area contributed by atoms with Crippen LogP contribution in [0.2, 0.25) is 0 Å². The fourth-order valence-electron chi connectivity index (χ4n) is 2.75. The number of benzene rings is 1. The Morgan fingerprint density at radius 1 is 1.35 bits per heavy atom. The van der Waals surface area contributed by atoms with E-state index in [0.29, 0.717) is 5.92 Å². The molecule has 1 saturated heterocycles. The quantitative estimate of drug-likeness (QED) is 0.903. The van der Waals surface area contributed by atoms with Crippen molar-refractivity contribution >= 4 is 0 Å². The first-order chi connectivity index (χ1) is 9.37. The Morgan fingerprint density at radius 3 is 2.80 bits per heavy atom. The van der Waals surface area contributed by atoms with Crippen LogP contribution in [-0.4, -0.2) is 18.7 Å². The zero-order chi connectivity index (χ0) is 14.8. The average Bonchev–Trinajstić information content (AvgIpc) is 2.39. The summed E-state index contributed by atoms with van der Waals surface area (Å²) in [5.41, 5.74) is 2.21. The van der Waals surface area contributed by atoms with Crippen LogP contribution in [0.25, 0.3) is 0 Å². The summed E-state index contributed by atoms with van der Waals surface area (Å²) in [6, 6.07) is 5.00. The van der Waals surface area contributed by atoms with Crippen molar-refractivity contribution in [1.29, 1.82) is 0 Å².